The molecule has 1 aliphatic rings. The van der Waals surface area contributed by atoms with Crippen LogP contribution in [0, 0.1) is 0 Å². The summed E-state index contributed by atoms with van der Waals surface area (Å²) in [4.78, 5) is 0. The number of nitrogen functional groups attached to an aromatic ring is 1. The largest absolute Gasteiger partial charge is 0.399 e. The zero-order chi connectivity index (χ0) is 11.7. The van der Waals surface area contributed by atoms with Crippen LogP contribution in [0.4, 0.5) is 5.69 Å². The minimum absolute atomic E-state index is 0.446. The molecule has 3 rings (SSSR count). The molecule has 88 valence electrons. The van der Waals surface area contributed by atoms with Gasteiger partial charge in [-0.3, -0.25) is 0 Å². The summed E-state index contributed by atoms with van der Waals surface area (Å²) in [5.74, 6) is 0.823. The number of anilines is 1. The van der Waals surface area contributed by atoms with Crippen LogP contribution in [0.5, 0.6) is 0 Å². The monoisotopic (exact) mass is 229 g/mol. The van der Waals surface area contributed by atoms with Crippen molar-refractivity contribution in [2.45, 2.75) is 31.7 Å². The summed E-state index contributed by atoms with van der Waals surface area (Å²) in [7, 11) is 0. The molecule has 0 saturated heterocycles. The maximum atomic E-state index is 5.79. The first-order valence-electron chi connectivity index (χ1n) is 5.98. The highest BCUT2D eigenvalue weighted by atomic mass is 15.5. The number of aromatic nitrogens is 4. The molecular formula is C12H15N5. The molecule has 0 aliphatic heterocycles. The minimum atomic E-state index is 0.446. The average molecular weight is 229 g/mol. The Hall–Kier alpha value is -1.91. The molecule has 1 saturated carbocycles. The van der Waals surface area contributed by atoms with Crippen LogP contribution in [0.3, 0.4) is 0 Å². The molecular weight excluding hydrogens is 214 g/mol. The second-order valence-corrected chi connectivity index (χ2v) is 4.51. The van der Waals surface area contributed by atoms with Gasteiger partial charge in [-0.15, -0.1) is 5.10 Å². The van der Waals surface area contributed by atoms with E-state index in [1.165, 1.54) is 25.7 Å². The van der Waals surface area contributed by atoms with E-state index in [1.807, 2.05) is 28.9 Å². The van der Waals surface area contributed by atoms with Crippen molar-refractivity contribution < 1.29 is 0 Å². The number of hydrogen-bond donors (Lipinski definition) is 1. The van der Waals surface area contributed by atoms with E-state index in [2.05, 4.69) is 15.5 Å². The van der Waals surface area contributed by atoms with Gasteiger partial charge in [0.05, 0.1) is 6.04 Å². The van der Waals surface area contributed by atoms with Crippen LogP contribution in [-0.4, -0.2) is 20.2 Å². The van der Waals surface area contributed by atoms with Crippen molar-refractivity contribution >= 4 is 5.69 Å². The smallest absolute Gasteiger partial charge is 0.182 e. The lowest BCUT2D eigenvalue weighted by molar-refractivity contribution is 0.458. The molecule has 5 heteroatoms. The van der Waals surface area contributed by atoms with Crippen molar-refractivity contribution in [3.05, 3.63) is 24.3 Å². The fourth-order valence-electron chi connectivity index (χ4n) is 2.46. The highest BCUT2D eigenvalue weighted by Gasteiger charge is 2.21. The molecule has 1 aromatic carbocycles. The first-order chi connectivity index (χ1) is 8.34. The fraction of sp³-hybridized carbons (Fsp3) is 0.417. The molecule has 1 heterocycles. The van der Waals surface area contributed by atoms with Crippen LogP contribution in [0.1, 0.15) is 31.7 Å². The molecule has 1 aromatic heterocycles. The van der Waals surface area contributed by atoms with Gasteiger partial charge in [-0.25, -0.2) is 4.68 Å². The number of hydrogen-bond acceptors (Lipinski definition) is 4. The lowest BCUT2D eigenvalue weighted by Gasteiger charge is -2.11. The lowest BCUT2D eigenvalue weighted by atomic mass is 10.1. The normalized spacial score (nSPS) is 16.5. The van der Waals surface area contributed by atoms with E-state index in [4.69, 9.17) is 5.73 Å². The topological polar surface area (TPSA) is 69.6 Å². The maximum absolute atomic E-state index is 5.79. The van der Waals surface area contributed by atoms with Gasteiger partial charge in [0.2, 0.25) is 0 Å². The van der Waals surface area contributed by atoms with E-state index in [1.54, 1.807) is 0 Å². The van der Waals surface area contributed by atoms with Crippen LogP contribution >= 0.6 is 0 Å². The molecule has 2 aromatic rings. The van der Waals surface area contributed by atoms with Crippen LogP contribution < -0.4 is 5.73 Å². The second-order valence-electron chi connectivity index (χ2n) is 4.51. The highest BCUT2D eigenvalue weighted by molar-refractivity contribution is 5.60. The molecule has 0 bridgehead atoms. The summed E-state index contributed by atoms with van der Waals surface area (Å²) in [6.45, 7) is 0. The number of tetrazole rings is 1. The Morgan fingerprint density at radius 1 is 1.24 bits per heavy atom. The van der Waals surface area contributed by atoms with E-state index >= 15 is 0 Å². The molecule has 0 amide bonds. The zero-order valence-corrected chi connectivity index (χ0v) is 9.58. The number of nitrogens with zero attached hydrogens (tertiary/aromatic N) is 4. The van der Waals surface area contributed by atoms with Gasteiger partial charge in [0, 0.05) is 11.3 Å². The third-order valence-corrected chi connectivity index (χ3v) is 3.31. The summed E-state index contributed by atoms with van der Waals surface area (Å²) in [5, 5.41) is 12.0. The van der Waals surface area contributed by atoms with Crippen molar-refractivity contribution in [1.29, 1.82) is 0 Å². The maximum Gasteiger partial charge on any atom is 0.182 e. The third-order valence-electron chi connectivity index (χ3n) is 3.31. The SMILES string of the molecule is Nc1cccc(-c2nnnn2C2CCCC2)c1. The van der Waals surface area contributed by atoms with Crippen LogP contribution in [0.2, 0.25) is 0 Å². The Balaban J connectivity index is 2.00. The summed E-state index contributed by atoms with van der Waals surface area (Å²) >= 11 is 0. The van der Waals surface area contributed by atoms with E-state index in [0.29, 0.717) is 6.04 Å². The number of rotatable bonds is 2. The van der Waals surface area contributed by atoms with Crippen molar-refractivity contribution in [2.24, 2.45) is 0 Å². The van der Waals surface area contributed by atoms with Gasteiger partial charge >= 0.3 is 0 Å². The van der Waals surface area contributed by atoms with Gasteiger partial charge in [0.1, 0.15) is 0 Å². The predicted molar refractivity (Wildman–Crippen MR) is 65.2 cm³/mol. The molecule has 0 spiro atoms. The van der Waals surface area contributed by atoms with E-state index in [9.17, 15) is 0 Å². The van der Waals surface area contributed by atoms with Crippen molar-refractivity contribution in [2.75, 3.05) is 5.73 Å². The third kappa shape index (κ3) is 1.88. The molecule has 1 fully saturated rings. The molecule has 1 aliphatic carbocycles. The summed E-state index contributed by atoms with van der Waals surface area (Å²) in [5.41, 5.74) is 7.52. The van der Waals surface area contributed by atoms with Crippen LogP contribution in [-0.2, 0) is 0 Å². The number of nitrogens with two attached hydrogens (primary N) is 1. The van der Waals surface area contributed by atoms with Gasteiger partial charge in [-0.1, -0.05) is 25.0 Å². The van der Waals surface area contributed by atoms with Gasteiger partial charge in [0.15, 0.2) is 5.82 Å². The zero-order valence-electron chi connectivity index (χ0n) is 9.58. The Bertz CT molecular complexity index is 513. The molecule has 2 N–H and O–H groups in total. The first kappa shape index (κ1) is 10.3. The van der Waals surface area contributed by atoms with Crippen molar-refractivity contribution in [3.63, 3.8) is 0 Å². The average Bonchev–Trinajstić information content (AvgIpc) is 3.00. The van der Waals surface area contributed by atoms with Crippen molar-refractivity contribution in [3.8, 4) is 11.4 Å². The number of benzene rings is 1. The Morgan fingerprint density at radius 3 is 2.82 bits per heavy atom. The van der Waals surface area contributed by atoms with Gasteiger partial charge in [-0.05, 0) is 35.4 Å². The van der Waals surface area contributed by atoms with Crippen LogP contribution in [0.25, 0.3) is 11.4 Å². The van der Waals surface area contributed by atoms with Crippen molar-refractivity contribution in [1.82, 2.24) is 20.2 Å². The summed E-state index contributed by atoms with van der Waals surface area (Å²) in [6, 6.07) is 8.15. The van der Waals surface area contributed by atoms with Gasteiger partial charge in [-0.2, -0.15) is 0 Å². The first-order valence-corrected chi connectivity index (χ1v) is 5.98. The summed E-state index contributed by atoms with van der Waals surface area (Å²) < 4.78 is 1.95. The van der Waals surface area contributed by atoms with Crippen LogP contribution in [0.15, 0.2) is 24.3 Å². The minimum Gasteiger partial charge on any atom is -0.399 e. The quantitative estimate of drug-likeness (QED) is 0.800. The molecule has 0 radical (unpaired) electrons. The second kappa shape index (κ2) is 4.16. The van der Waals surface area contributed by atoms with Gasteiger partial charge < -0.3 is 5.73 Å². The van der Waals surface area contributed by atoms with E-state index in [0.717, 1.165) is 17.1 Å². The molecule has 5 nitrogen and oxygen atoms in total. The van der Waals surface area contributed by atoms with E-state index < -0.39 is 0 Å². The molecule has 17 heavy (non-hydrogen) atoms. The fourth-order valence-corrected chi connectivity index (χ4v) is 2.46. The standard InChI is InChI=1S/C12H15N5/c13-10-5-3-4-9(8-10)12-14-15-16-17(12)11-6-1-2-7-11/h3-5,8,11H,1-2,6-7,13H2. The lowest BCUT2D eigenvalue weighted by Crippen LogP contribution is -2.08. The predicted octanol–water partition coefficient (Wildman–Crippen LogP) is 2.04. The molecule has 0 unspecified atom stereocenters. The van der Waals surface area contributed by atoms with E-state index in [-0.39, 0.29) is 0 Å². The highest BCUT2D eigenvalue weighted by Crippen LogP contribution is 2.31. The van der Waals surface area contributed by atoms with Gasteiger partial charge in [0.25, 0.3) is 0 Å². The summed E-state index contributed by atoms with van der Waals surface area (Å²) in [6.07, 6.45) is 4.86. The Kier molecular flexibility index (Phi) is 2.51. The molecule has 0 atom stereocenters. The Morgan fingerprint density at radius 2 is 2.06 bits per heavy atom. The Labute approximate surface area is 99.6 Å².